The van der Waals surface area contributed by atoms with Crippen molar-refractivity contribution in [3.63, 3.8) is 0 Å². The van der Waals surface area contributed by atoms with E-state index in [0.717, 1.165) is 58.1 Å². The van der Waals surface area contributed by atoms with Gasteiger partial charge in [-0.3, -0.25) is 9.69 Å². The van der Waals surface area contributed by atoms with Gasteiger partial charge in [-0.15, -0.1) is 11.3 Å². The Kier molecular flexibility index (Phi) is 7.96. The third-order valence-corrected chi connectivity index (χ3v) is 10.4. The zero-order valence-corrected chi connectivity index (χ0v) is 24.4. The van der Waals surface area contributed by atoms with Crippen LogP contribution in [0.3, 0.4) is 0 Å². The van der Waals surface area contributed by atoms with Crippen molar-refractivity contribution in [3.8, 4) is 10.4 Å². The number of rotatable bonds is 7. The summed E-state index contributed by atoms with van der Waals surface area (Å²) in [6.45, 7) is 9.19. The third kappa shape index (κ3) is 5.49. The quantitative estimate of drug-likeness (QED) is 0.450. The monoisotopic (exact) mass is 583 g/mol. The molecule has 1 atom stereocenters. The van der Waals surface area contributed by atoms with Gasteiger partial charge in [0.25, 0.3) is 0 Å². The van der Waals surface area contributed by atoms with Crippen molar-refractivity contribution in [3.05, 3.63) is 59.6 Å². The van der Waals surface area contributed by atoms with Crippen molar-refractivity contribution in [1.82, 2.24) is 14.2 Å². The average molecular weight is 584 g/mol. The van der Waals surface area contributed by atoms with Gasteiger partial charge in [0.1, 0.15) is 15.6 Å². The topological polar surface area (TPSA) is 114 Å². The number of carbonyl (C=O) groups excluding carboxylic acids is 1. The Hall–Kier alpha value is -3.32. The van der Waals surface area contributed by atoms with E-state index < -0.39 is 27.9 Å². The van der Waals surface area contributed by atoms with Crippen LogP contribution in [0.2, 0.25) is 0 Å². The second kappa shape index (κ2) is 11.3. The molecular formula is C28H33N5O5S2. The van der Waals surface area contributed by atoms with E-state index in [9.17, 15) is 23.1 Å². The number of anilines is 2. The van der Waals surface area contributed by atoms with Crippen LogP contribution in [0, 0.1) is 0 Å². The molecule has 2 aliphatic rings. The van der Waals surface area contributed by atoms with E-state index in [4.69, 9.17) is 0 Å². The van der Waals surface area contributed by atoms with Gasteiger partial charge in [0.05, 0.1) is 12.2 Å². The number of amides is 1. The van der Waals surface area contributed by atoms with E-state index in [1.165, 1.54) is 11.1 Å². The van der Waals surface area contributed by atoms with Crippen LogP contribution in [0.4, 0.5) is 11.5 Å². The van der Waals surface area contributed by atoms with Crippen molar-refractivity contribution in [2.24, 2.45) is 0 Å². The summed E-state index contributed by atoms with van der Waals surface area (Å²) < 4.78 is 28.1. The van der Waals surface area contributed by atoms with E-state index in [1.807, 2.05) is 30.3 Å². The first-order valence-electron chi connectivity index (χ1n) is 13.3. The molecule has 2 fully saturated rings. The molecule has 1 aromatic carbocycles. The zero-order chi connectivity index (χ0) is 28.6. The minimum absolute atomic E-state index is 0.0265. The Morgan fingerprint density at radius 2 is 1.77 bits per heavy atom. The van der Waals surface area contributed by atoms with E-state index in [1.54, 1.807) is 25.1 Å². The van der Waals surface area contributed by atoms with E-state index in [0.29, 0.717) is 6.04 Å². The summed E-state index contributed by atoms with van der Waals surface area (Å²) in [6.07, 6.45) is 1.36. The molecule has 40 heavy (non-hydrogen) atoms. The fourth-order valence-corrected chi connectivity index (χ4v) is 7.67. The van der Waals surface area contributed by atoms with E-state index >= 15 is 0 Å². The zero-order valence-electron chi connectivity index (χ0n) is 22.7. The number of carboxylic acids is 1. The summed E-state index contributed by atoms with van der Waals surface area (Å²) in [4.78, 5) is 36.6. The number of benzene rings is 1. The molecular weight excluding hydrogens is 550 g/mol. The number of hydrogen-bond donors (Lipinski definition) is 1. The highest BCUT2D eigenvalue weighted by Crippen LogP contribution is 2.39. The average Bonchev–Trinajstić information content (AvgIpc) is 3.39. The van der Waals surface area contributed by atoms with Crippen molar-refractivity contribution < 1.29 is 23.1 Å². The molecule has 2 saturated heterocycles. The maximum atomic E-state index is 13.5. The molecule has 10 nitrogen and oxygen atoms in total. The van der Waals surface area contributed by atoms with Crippen LogP contribution in [-0.4, -0.2) is 90.9 Å². The number of aromatic carboxylic acids is 1. The largest absolute Gasteiger partial charge is 0.477 e. The van der Waals surface area contributed by atoms with Crippen LogP contribution in [-0.2, 0) is 14.8 Å². The Morgan fingerprint density at radius 1 is 1.07 bits per heavy atom. The number of carboxylic acid groups (broad SMARTS) is 1. The van der Waals surface area contributed by atoms with Gasteiger partial charge in [-0.05, 0) is 44.5 Å². The van der Waals surface area contributed by atoms with Crippen molar-refractivity contribution >= 4 is 44.7 Å². The molecule has 212 valence electrons. The van der Waals surface area contributed by atoms with Crippen molar-refractivity contribution in [1.29, 1.82) is 0 Å². The number of sulfonamides is 1. The van der Waals surface area contributed by atoms with Gasteiger partial charge in [0.2, 0.25) is 15.9 Å². The number of pyridine rings is 1. The lowest BCUT2D eigenvalue weighted by Crippen LogP contribution is -2.57. The SMILES string of the molecule is CC(C)N1CCN(c2ccc(S(=O)(=O)N3CC(=O)N(c4cc(-c5ccccc5)sc4C(=O)O)C(C)C3)cn2)CC1. The fraction of sp³-hybridized carbons (Fsp3) is 0.393. The molecule has 0 aliphatic carbocycles. The summed E-state index contributed by atoms with van der Waals surface area (Å²) in [5, 5.41) is 9.87. The fourth-order valence-electron chi connectivity index (χ4n) is 5.26. The second-order valence-electron chi connectivity index (χ2n) is 10.4. The van der Waals surface area contributed by atoms with Crippen molar-refractivity contribution in [2.75, 3.05) is 49.1 Å². The predicted molar refractivity (Wildman–Crippen MR) is 156 cm³/mol. The minimum atomic E-state index is -3.98. The highest BCUT2D eigenvalue weighted by molar-refractivity contribution is 7.89. The van der Waals surface area contributed by atoms with Crippen LogP contribution < -0.4 is 9.80 Å². The lowest BCUT2D eigenvalue weighted by atomic mass is 10.1. The van der Waals surface area contributed by atoms with E-state index in [-0.39, 0.29) is 28.5 Å². The first-order chi connectivity index (χ1) is 19.1. The predicted octanol–water partition coefficient (Wildman–Crippen LogP) is 3.46. The first-order valence-corrected chi connectivity index (χ1v) is 15.5. The summed E-state index contributed by atoms with van der Waals surface area (Å²) in [5.74, 6) is -0.881. The molecule has 2 aliphatic heterocycles. The first kappa shape index (κ1) is 28.2. The second-order valence-corrected chi connectivity index (χ2v) is 13.4. The summed E-state index contributed by atoms with van der Waals surface area (Å²) in [5.41, 5.74) is 1.13. The smallest absolute Gasteiger partial charge is 0.348 e. The molecule has 1 amide bonds. The lowest BCUT2D eigenvalue weighted by Gasteiger charge is -2.38. The number of carbonyl (C=O) groups is 2. The van der Waals surface area contributed by atoms with Gasteiger partial charge in [0.15, 0.2) is 0 Å². The van der Waals surface area contributed by atoms with Crippen LogP contribution in [0.1, 0.15) is 30.4 Å². The van der Waals surface area contributed by atoms with Crippen LogP contribution in [0.5, 0.6) is 0 Å². The molecule has 0 saturated carbocycles. The van der Waals surface area contributed by atoms with E-state index in [2.05, 4.69) is 28.6 Å². The molecule has 1 N–H and O–H groups in total. The molecule has 5 rings (SSSR count). The van der Waals surface area contributed by atoms with Gasteiger partial charge >= 0.3 is 5.97 Å². The molecule has 2 aromatic heterocycles. The number of hydrogen-bond acceptors (Lipinski definition) is 8. The van der Waals surface area contributed by atoms with Gasteiger partial charge in [-0.1, -0.05) is 30.3 Å². The van der Waals surface area contributed by atoms with Crippen LogP contribution in [0.25, 0.3) is 10.4 Å². The summed E-state index contributed by atoms with van der Waals surface area (Å²) in [7, 11) is -3.98. The highest BCUT2D eigenvalue weighted by atomic mass is 32.2. The maximum Gasteiger partial charge on any atom is 0.348 e. The Morgan fingerprint density at radius 3 is 2.35 bits per heavy atom. The Balaban J connectivity index is 1.33. The number of nitrogens with zero attached hydrogens (tertiary/aromatic N) is 5. The third-order valence-electron chi connectivity index (χ3n) is 7.44. The normalized spacial score (nSPS) is 19.4. The van der Waals surface area contributed by atoms with Gasteiger partial charge in [-0.2, -0.15) is 4.31 Å². The van der Waals surface area contributed by atoms with Crippen LogP contribution in [0.15, 0.2) is 59.6 Å². The lowest BCUT2D eigenvalue weighted by molar-refractivity contribution is -0.120. The molecule has 3 aromatic rings. The molecule has 0 spiro atoms. The number of piperazine rings is 2. The number of aromatic nitrogens is 1. The molecule has 0 bridgehead atoms. The molecule has 0 radical (unpaired) electrons. The molecule has 1 unspecified atom stereocenters. The minimum Gasteiger partial charge on any atom is -0.477 e. The van der Waals surface area contributed by atoms with Gasteiger partial charge in [-0.25, -0.2) is 18.2 Å². The van der Waals surface area contributed by atoms with Crippen LogP contribution >= 0.6 is 11.3 Å². The molecule has 12 heteroatoms. The molecule has 4 heterocycles. The van der Waals surface area contributed by atoms with Gasteiger partial charge in [0, 0.05) is 55.9 Å². The Bertz CT molecular complexity index is 1480. The van der Waals surface area contributed by atoms with Crippen molar-refractivity contribution in [2.45, 2.75) is 37.8 Å². The van der Waals surface area contributed by atoms with Gasteiger partial charge < -0.3 is 14.9 Å². The summed E-state index contributed by atoms with van der Waals surface area (Å²) >= 11 is 1.10. The maximum absolute atomic E-state index is 13.5. The number of thiophene rings is 1. The Labute approximate surface area is 238 Å². The summed E-state index contributed by atoms with van der Waals surface area (Å²) in [6, 6.07) is 14.2. The highest BCUT2D eigenvalue weighted by Gasteiger charge is 2.39. The standard InChI is InChI=1S/C28H33N5O5S2/c1-19(2)30-11-13-31(14-12-30)25-10-9-22(16-29-25)40(37,38)32-17-20(3)33(26(34)18-32)23-15-24(39-27(23)28(35)36)21-7-5-4-6-8-21/h4-10,15-16,19-20H,11-14,17-18H2,1-3H3,(H,35,36).